The van der Waals surface area contributed by atoms with Crippen molar-refractivity contribution in [1.29, 1.82) is 0 Å². The number of methoxy groups -OCH3 is 1. The van der Waals surface area contributed by atoms with E-state index in [1.165, 1.54) is 44.3 Å². The van der Waals surface area contributed by atoms with E-state index in [1.54, 1.807) is 7.11 Å². The standard InChI is InChI=1S/C20H31N3O/c1-3-21-19(23-14-12-20(16-23)10-6-11-20)22-13-5-8-17-7-4-9-18(15-17)24-2/h4,7,9,15H,3,5-6,8,10-14,16H2,1-2H3,(H,21,22). The molecule has 1 aromatic rings. The molecule has 0 bridgehead atoms. The average Bonchev–Trinajstić information content (AvgIpc) is 3.04. The van der Waals surface area contributed by atoms with Crippen LogP contribution in [0.25, 0.3) is 0 Å². The molecule has 1 aromatic carbocycles. The van der Waals surface area contributed by atoms with Gasteiger partial charge in [-0.15, -0.1) is 0 Å². The van der Waals surface area contributed by atoms with E-state index < -0.39 is 0 Å². The fraction of sp³-hybridized carbons (Fsp3) is 0.650. The van der Waals surface area contributed by atoms with Gasteiger partial charge in [0.25, 0.3) is 0 Å². The zero-order valence-corrected chi connectivity index (χ0v) is 15.2. The van der Waals surface area contributed by atoms with Gasteiger partial charge in [-0.2, -0.15) is 0 Å². The monoisotopic (exact) mass is 329 g/mol. The third-order valence-electron chi connectivity index (χ3n) is 5.51. The molecule has 2 fully saturated rings. The average molecular weight is 329 g/mol. The van der Waals surface area contributed by atoms with E-state index >= 15 is 0 Å². The Morgan fingerprint density at radius 1 is 1.33 bits per heavy atom. The van der Waals surface area contributed by atoms with Crippen molar-refractivity contribution in [2.75, 3.05) is 33.3 Å². The molecule has 0 radical (unpaired) electrons. The first kappa shape index (κ1) is 17.1. The second-order valence-corrected chi connectivity index (χ2v) is 7.22. The number of benzene rings is 1. The van der Waals surface area contributed by atoms with Gasteiger partial charge in [0.2, 0.25) is 0 Å². The Bertz CT molecular complexity index is 566. The van der Waals surface area contributed by atoms with Gasteiger partial charge in [0, 0.05) is 26.2 Å². The van der Waals surface area contributed by atoms with E-state index in [0.29, 0.717) is 5.41 Å². The summed E-state index contributed by atoms with van der Waals surface area (Å²) in [6, 6.07) is 8.34. The molecule has 1 saturated heterocycles. The molecule has 2 aliphatic rings. The lowest BCUT2D eigenvalue weighted by Crippen LogP contribution is -2.42. The van der Waals surface area contributed by atoms with Crippen molar-refractivity contribution in [3.8, 4) is 5.75 Å². The highest BCUT2D eigenvalue weighted by molar-refractivity contribution is 5.80. The molecule has 0 aromatic heterocycles. The van der Waals surface area contributed by atoms with Crippen molar-refractivity contribution in [2.45, 2.75) is 45.4 Å². The van der Waals surface area contributed by atoms with Gasteiger partial charge < -0.3 is 15.0 Å². The van der Waals surface area contributed by atoms with E-state index in [4.69, 9.17) is 9.73 Å². The first-order valence-electron chi connectivity index (χ1n) is 9.41. The largest absolute Gasteiger partial charge is 0.497 e. The molecule has 3 rings (SSSR count). The maximum Gasteiger partial charge on any atom is 0.193 e. The van der Waals surface area contributed by atoms with Crippen LogP contribution in [0, 0.1) is 5.41 Å². The smallest absolute Gasteiger partial charge is 0.193 e. The van der Waals surface area contributed by atoms with Crippen LogP contribution < -0.4 is 10.1 Å². The van der Waals surface area contributed by atoms with Crippen LogP contribution in [0.3, 0.4) is 0 Å². The van der Waals surface area contributed by atoms with Crippen molar-refractivity contribution in [1.82, 2.24) is 10.2 Å². The molecule has 1 aliphatic heterocycles. The molecule has 4 nitrogen and oxygen atoms in total. The molecule has 1 heterocycles. The van der Waals surface area contributed by atoms with Crippen LogP contribution in [0.15, 0.2) is 29.3 Å². The van der Waals surface area contributed by atoms with Gasteiger partial charge in [0.05, 0.1) is 7.11 Å². The molecule has 1 spiro atoms. The topological polar surface area (TPSA) is 36.9 Å². The van der Waals surface area contributed by atoms with Crippen LogP contribution in [-0.2, 0) is 6.42 Å². The molecule has 4 heteroatoms. The number of aryl methyl sites for hydroxylation is 1. The zero-order chi connectivity index (χ0) is 16.8. The summed E-state index contributed by atoms with van der Waals surface area (Å²) in [6.07, 6.45) is 7.71. The second kappa shape index (κ2) is 7.91. The minimum Gasteiger partial charge on any atom is -0.497 e. The highest BCUT2D eigenvalue weighted by Gasteiger charge is 2.43. The van der Waals surface area contributed by atoms with E-state index in [-0.39, 0.29) is 0 Å². The van der Waals surface area contributed by atoms with Crippen LogP contribution in [-0.4, -0.2) is 44.1 Å². The summed E-state index contributed by atoms with van der Waals surface area (Å²) in [5.74, 6) is 2.05. The van der Waals surface area contributed by atoms with Crippen molar-refractivity contribution in [3.63, 3.8) is 0 Å². The number of guanidine groups is 1. The van der Waals surface area contributed by atoms with Crippen molar-refractivity contribution in [3.05, 3.63) is 29.8 Å². The number of nitrogens with zero attached hydrogens (tertiary/aromatic N) is 2. The van der Waals surface area contributed by atoms with Gasteiger partial charge in [-0.3, -0.25) is 4.99 Å². The van der Waals surface area contributed by atoms with E-state index in [0.717, 1.165) is 37.6 Å². The molecule has 0 atom stereocenters. The summed E-state index contributed by atoms with van der Waals surface area (Å²) < 4.78 is 5.29. The SMILES string of the molecule is CCNC(=NCCCc1cccc(OC)c1)N1CCC2(CCC2)C1. The highest BCUT2D eigenvalue weighted by Crippen LogP contribution is 2.47. The maximum absolute atomic E-state index is 5.29. The first-order valence-corrected chi connectivity index (χ1v) is 9.41. The number of nitrogens with one attached hydrogen (secondary N) is 1. The third kappa shape index (κ3) is 4.03. The number of rotatable bonds is 6. The third-order valence-corrected chi connectivity index (χ3v) is 5.51. The van der Waals surface area contributed by atoms with Crippen LogP contribution in [0.1, 0.15) is 44.6 Å². The van der Waals surface area contributed by atoms with Crippen molar-refractivity contribution >= 4 is 5.96 Å². The second-order valence-electron chi connectivity index (χ2n) is 7.22. The zero-order valence-electron chi connectivity index (χ0n) is 15.2. The van der Waals surface area contributed by atoms with Gasteiger partial charge in [-0.25, -0.2) is 0 Å². The van der Waals surface area contributed by atoms with Gasteiger partial charge in [-0.1, -0.05) is 18.6 Å². The van der Waals surface area contributed by atoms with Crippen molar-refractivity contribution in [2.24, 2.45) is 10.4 Å². The van der Waals surface area contributed by atoms with Crippen molar-refractivity contribution < 1.29 is 4.74 Å². The Kier molecular flexibility index (Phi) is 5.64. The van der Waals surface area contributed by atoms with Crippen LogP contribution in [0.5, 0.6) is 5.75 Å². The van der Waals surface area contributed by atoms with Gasteiger partial charge in [-0.05, 0) is 62.1 Å². The van der Waals surface area contributed by atoms with Gasteiger partial charge in [0.1, 0.15) is 5.75 Å². The normalized spacial score (nSPS) is 19.4. The van der Waals surface area contributed by atoms with Crippen LogP contribution in [0.2, 0.25) is 0 Å². The van der Waals surface area contributed by atoms with E-state index in [2.05, 4.69) is 35.3 Å². The van der Waals surface area contributed by atoms with Crippen LogP contribution in [0.4, 0.5) is 0 Å². The predicted octanol–water partition coefficient (Wildman–Crippen LogP) is 3.47. The first-order chi connectivity index (χ1) is 11.7. The summed E-state index contributed by atoms with van der Waals surface area (Å²) in [5, 5.41) is 3.48. The minimum atomic E-state index is 0.622. The molecule has 1 N–H and O–H groups in total. The molecule has 24 heavy (non-hydrogen) atoms. The summed E-state index contributed by atoms with van der Waals surface area (Å²) in [4.78, 5) is 7.36. The summed E-state index contributed by atoms with van der Waals surface area (Å²) in [6.45, 7) is 6.35. The predicted molar refractivity (Wildman–Crippen MR) is 99.8 cm³/mol. The number of ether oxygens (including phenoxy) is 1. The lowest BCUT2D eigenvalue weighted by Gasteiger charge is -2.38. The maximum atomic E-state index is 5.29. The summed E-state index contributed by atoms with van der Waals surface area (Å²) >= 11 is 0. The Morgan fingerprint density at radius 2 is 2.21 bits per heavy atom. The molecule has 1 aliphatic carbocycles. The Labute approximate surface area is 146 Å². The number of likely N-dealkylation sites (tertiary alicyclic amines) is 1. The Hall–Kier alpha value is -1.71. The summed E-state index contributed by atoms with van der Waals surface area (Å²) in [5.41, 5.74) is 1.95. The van der Waals surface area contributed by atoms with E-state index in [9.17, 15) is 0 Å². The van der Waals surface area contributed by atoms with Gasteiger partial charge >= 0.3 is 0 Å². The number of hydrogen-bond acceptors (Lipinski definition) is 2. The molecular formula is C20H31N3O. The Morgan fingerprint density at radius 3 is 2.88 bits per heavy atom. The number of aliphatic imine (C=N–C) groups is 1. The fourth-order valence-electron chi connectivity index (χ4n) is 3.92. The molecular weight excluding hydrogens is 298 g/mol. The number of hydrogen-bond donors (Lipinski definition) is 1. The fourth-order valence-corrected chi connectivity index (χ4v) is 3.92. The Balaban J connectivity index is 1.50. The lowest BCUT2D eigenvalue weighted by molar-refractivity contribution is 0.151. The summed E-state index contributed by atoms with van der Waals surface area (Å²) in [7, 11) is 1.72. The van der Waals surface area contributed by atoms with Crippen LogP contribution >= 0.6 is 0 Å². The lowest BCUT2D eigenvalue weighted by atomic mass is 9.68. The quantitative estimate of drug-likeness (QED) is 0.493. The molecule has 1 saturated carbocycles. The highest BCUT2D eigenvalue weighted by atomic mass is 16.5. The minimum absolute atomic E-state index is 0.622. The molecule has 132 valence electrons. The van der Waals surface area contributed by atoms with E-state index in [1.807, 2.05) is 6.07 Å². The molecule has 0 amide bonds. The molecule has 0 unspecified atom stereocenters. The van der Waals surface area contributed by atoms with Gasteiger partial charge in [0.15, 0.2) is 5.96 Å².